The molecule has 2 aromatic carbocycles. The van der Waals surface area contributed by atoms with Crippen LogP contribution in [-0.4, -0.2) is 78.0 Å². The van der Waals surface area contributed by atoms with E-state index in [0.29, 0.717) is 11.6 Å². The summed E-state index contributed by atoms with van der Waals surface area (Å²) in [6.07, 6.45) is 7.91. The largest absolute Gasteiger partial charge is 0.468 e. The molecule has 1 saturated carbocycles. The van der Waals surface area contributed by atoms with E-state index < -0.39 is 5.97 Å². The van der Waals surface area contributed by atoms with Gasteiger partial charge in [0, 0.05) is 43.8 Å². The highest BCUT2D eigenvalue weighted by Gasteiger charge is 2.45. The first-order chi connectivity index (χ1) is 19.0. The van der Waals surface area contributed by atoms with Crippen LogP contribution in [0.4, 0.5) is 4.79 Å². The number of piperidine rings is 1. The molecule has 8 nitrogen and oxygen atoms in total. The molecule has 2 heterocycles. The lowest BCUT2D eigenvalue weighted by atomic mass is 9.94. The standard InChI is InChI=1S/C31H40N4O4/c1-39-29(36)20-32-30(37)25-14-12-23(13-15-25)21-33-18-16-27(17-19-33)35-28(24-8-4-2-5-9-24)22-34(31(35)38)26-10-6-3-7-11-26/h2,4-5,8-9,12-15,26-28H,3,6-7,10-11,16-22H2,1H3,(H,32,37)/t28-/m0/s1. The van der Waals surface area contributed by atoms with Gasteiger partial charge in [-0.15, -0.1) is 0 Å². The molecule has 1 atom stereocenters. The van der Waals surface area contributed by atoms with Gasteiger partial charge in [-0.25, -0.2) is 4.79 Å². The van der Waals surface area contributed by atoms with Crippen LogP contribution in [0, 0.1) is 0 Å². The van der Waals surface area contributed by atoms with Gasteiger partial charge in [-0.2, -0.15) is 0 Å². The molecule has 1 aliphatic carbocycles. The molecule has 0 spiro atoms. The fourth-order valence-electron chi connectivity index (χ4n) is 6.39. The minimum absolute atomic E-state index is 0.120. The maximum absolute atomic E-state index is 13.8. The minimum atomic E-state index is -0.476. The predicted molar refractivity (Wildman–Crippen MR) is 149 cm³/mol. The molecule has 0 bridgehead atoms. The van der Waals surface area contributed by atoms with Crippen LogP contribution in [0.1, 0.15) is 72.5 Å². The zero-order valence-electron chi connectivity index (χ0n) is 22.9. The highest BCUT2D eigenvalue weighted by atomic mass is 16.5. The lowest BCUT2D eigenvalue weighted by molar-refractivity contribution is -0.139. The number of carbonyl (C=O) groups excluding carboxylic acids is 3. The Kier molecular flexibility index (Phi) is 8.81. The third-order valence-corrected chi connectivity index (χ3v) is 8.57. The van der Waals surface area contributed by atoms with Gasteiger partial charge in [0.25, 0.3) is 5.91 Å². The normalized spacial score (nSPS) is 21.3. The summed E-state index contributed by atoms with van der Waals surface area (Å²) in [4.78, 5) is 44.2. The molecule has 1 N–H and O–H groups in total. The number of nitrogens with one attached hydrogen (secondary N) is 1. The molecular weight excluding hydrogens is 492 g/mol. The van der Waals surface area contributed by atoms with Crippen LogP contribution >= 0.6 is 0 Å². The summed E-state index contributed by atoms with van der Waals surface area (Å²) in [7, 11) is 1.29. The second-order valence-corrected chi connectivity index (χ2v) is 11.0. The van der Waals surface area contributed by atoms with E-state index in [2.05, 4.69) is 49.0 Å². The van der Waals surface area contributed by atoms with Crippen molar-refractivity contribution in [3.05, 3.63) is 71.3 Å². The molecule has 3 aliphatic rings. The monoisotopic (exact) mass is 532 g/mol. The summed E-state index contributed by atoms with van der Waals surface area (Å²) in [5.41, 5.74) is 2.89. The van der Waals surface area contributed by atoms with Crippen LogP contribution in [0.3, 0.4) is 0 Å². The number of ether oxygens (including phenoxy) is 1. The summed E-state index contributed by atoms with van der Waals surface area (Å²) in [6, 6.07) is 19.1. The molecule has 2 aromatic rings. The number of urea groups is 1. The second kappa shape index (κ2) is 12.6. The van der Waals surface area contributed by atoms with E-state index in [1.807, 2.05) is 18.2 Å². The van der Waals surface area contributed by atoms with E-state index in [9.17, 15) is 14.4 Å². The lowest BCUT2D eigenvalue weighted by Gasteiger charge is -2.39. The molecule has 2 aliphatic heterocycles. The summed E-state index contributed by atoms with van der Waals surface area (Å²) in [5, 5.41) is 2.57. The molecule has 5 rings (SSSR count). The smallest absolute Gasteiger partial charge is 0.325 e. The number of esters is 1. The second-order valence-electron chi connectivity index (χ2n) is 11.0. The Morgan fingerprint density at radius 3 is 2.26 bits per heavy atom. The SMILES string of the molecule is COC(=O)CNC(=O)c1ccc(CN2CCC(N3C(=O)N(C4CCCCC4)C[C@H]3c3ccccc3)CC2)cc1. The van der Waals surface area contributed by atoms with Crippen molar-refractivity contribution >= 4 is 17.9 Å². The van der Waals surface area contributed by atoms with Gasteiger partial charge in [-0.3, -0.25) is 14.5 Å². The number of rotatable bonds is 8. The number of nitrogens with zero attached hydrogens (tertiary/aromatic N) is 3. The van der Waals surface area contributed by atoms with Crippen molar-refractivity contribution in [1.29, 1.82) is 0 Å². The Hall–Kier alpha value is -3.39. The average molecular weight is 533 g/mol. The molecule has 208 valence electrons. The van der Waals surface area contributed by atoms with Crippen LogP contribution in [0.2, 0.25) is 0 Å². The van der Waals surface area contributed by atoms with Crippen molar-refractivity contribution < 1.29 is 19.1 Å². The van der Waals surface area contributed by atoms with Crippen LogP contribution < -0.4 is 5.32 Å². The zero-order valence-corrected chi connectivity index (χ0v) is 22.9. The Bertz CT molecular complexity index is 1130. The van der Waals surface area contributed by atoms with Crippen LogP contribution in [0.25, 0.3) is 0 Å². The van der Waals surface area contributed by atoms with Gasteiger partial charge in [0.15, 0.2) is 0 Å². The van der Waals surface area contributed by atoms with Gasteiger partial charge < -0.3 is 19.9 Å². The van der Waals surface area contributed by atoms with Crippen LogP contribution in [0.15, 0.2) is 54.6 Å². The summed E-state index contributed by atoms with van der Waals surface area (Å²) < 4.78 is 4.56. The fourth-order valence-corrected chi connectivity index (χ4v) is 6.39. The van der Waals surface area contributed by atoms with Gasteiger partial charge in [-0.1, -0.05) is 61.7 Å². The number of benzene rings is 2. The average Bonchev–Trinajstić information content (AvgIpc) is 3.34. The summed E-state index contributed by atoms with van der Waals surface area (Å²) in [5.74, 6) is -0.769. The van der Waals surface area contributed by atoms with Gasteiger partial charge in [0.05, 0.1) is 13.2 Å². The topological polar surface area (TPSA) is 82.2 Å². The van der Waals surface area contributed by atoms with Gasteiger partial charge >= 0.3 is 12.0 Å². The van der Waals surface area contributed by atoms with Gasteiger partial charge in [0.1, 0.15) is 6.54 Å². The molecule has 8 heteroatoms. The Labute approximate surface area is 231 Å². The first kappa shape index (κ1) is 27.2. The van der Waals surface area contributed by atoms with E-state index in [1.54, 1.807) is 12.1 Å². The van der Waals surface area contributed by atoms with Crippen molar-refractivity contribution in [3.8, 4) is 0 Å². The Morgan fingerprint density at radius 2 is 1.59 bits per heavy atom. The molecule has 0 unspecified atom stereocenters. The maximum atomic E-state index is 13.8. The molecule has 0 aromatic heterocycles. The molecule has 3 fully saturated rings. The molecule has 3 amide bonds. The highest BCUT2D eigenvalue weighted by molar-refractivity contribution is 5.95. The number of amides is 3. The predicted octanol–water partition coefficient (Wildman–Crippen LogP) is 4.37. The number of hydrogen-bond donors (Lipinski definition) is 1. The van der Waals surface area contributed by atoms with Crippen molar-refractivity contribution in [2.24, 2.45) is 0 Å². The molecule has 0 radical (unpaired) electrons. The van der Waals surface area contributed by atoms with Gasteiger partial charge in [-0.05, 0) is 48.9 Å². The van der Waals surface area contributed by atoms with Crippen molar-refractivity contribution in [3.63, 3.8) is 0 Å². The number of methoxy groups -OCH3 is 1. The Morgan fingerprint density at radius 1 is 0.897 bits per heavy atom. The van der Waals surface area contributed by atoms with Crippen molar-refractivity contribution in [2.75, 3.05) is 33.3 Å². The van der Waals surface area contributed by atoms with Crippen molar-refractivity contribution in [2.45, 2.75) is 69.6 Å². The Balaban J connectivity index is 1.19. The highest BCUT2D eigenvalue weighted by Crippen LogP contribution is 2.38. The third kappa shape index (κ3) is 6.44. The lowest BCUT2D eigenvalue weighted by Crippen LogP contribution is -2.48. The number of carbonyl (C=O) groups is 3. The van der Waals surface area contributed by atoms with Gasteiger partial charge in [0.2, 0.25) is 0 Å². The molecular formula is C31H40N4O4. The van der Waals surface area contributed by atoms with Crippen LogP contribution in [0.5, 0.6) is 0 Å². The zero-order chi connectivity index (χ0) is 27.2. The van der Waals surface area contributed by atoms with E-state index in [1.165, 1.54) is 31.9 Å². The van der Waals surface area contributed by atoms with E-state index >= 15 is 0 Å². The minimum Gasteiger partial charge on any atom is -0.468 e. The number of likely N-dealkylation sites (tertiary alicyclic amines) is 1. The van der Waals surface area contributed by atoms with E-state index in [0.717, 1.165) is 57.4 Å². The number of hydrogen-bond acceptors (Lipinski definition) is 5. The third-order valence-electron chi connectivity index (χ3n) is 8.57. The van der Waals surface area contributed by atoms with E-state index in [-0.39, 0.29) is 30.6 Å². The van der Waals surface area contributed by atoms with Crippen molar-refractivity contribution in [1.82, 2.24) is 20.0 Å². The first-order valence-corrected chi connectivity index (χ1v) is 14.3. The summed E-state index contributed by atoms with van der Waals surface area (Å²) in [6.45, 7) is 3.32. The fraction of sp³-hybridized carbons (Fsp3) is 0.516. The van der Waals surface area contributed by atoms with E-state index in [4.69, 9.17) is 0 Å². The molecule has 2 saturated heterocycles. The molecule has 39 heavy (non-hydrogen) atoms. The quantitative estimate of drug-likeness (QED) is 0.511. The maximum Gasteiger partial charge on any atom is 0.325 e. The van der Waals surface area contributed by atoms with Crippen LogP contribution in [-0.2, 0) is 16.1 Å². The summed E-state index contributed by atoms with van der Waals surface area (Å²) >= 11 is 0. The first-order valence-electron chi connectivity index (χ1n) is 14.3.